The number of aromatic nitrogens is 1. The molecule has 1 aromatic heterocycles. The Balaban J connectivity index is 1.33. The van der Waals surface area contributed by atoms with E-state index in [0.29, 0.717) is 5.92 Å². The maximum atomic E-state index is 12.7. The number of para-hydroxylation sites is 1. The molecule has 154 valence electrons. The summed E-state index contributed by atoms with van der Waals surface area (Å²) in [5.74, 6) is 0.747. The molecule has 2 aliphatic carbocycles. The predicted octanol–water partition coefficient (Wildman–Crippen LogP) is 5.62. The van der Waals surface area contributed by atoms with Crippen molar-refractivity contribution in [3.8, 4) is 0 Å². The fourth-order valence-corrected chi connectivity index (χ4v) is 5.51. The molecule has 30 heavy (non-hydrogen) atoms. The van der Waals surface area contributed by atoms with Gasteiger partial charge in [-0.15, -0.1) is 0 Å². The molecule has 0 spiro atoms. The highest BCUT2D eigenvalue weighted by atomic mass is 35.5. The lowest BCUT2D eigenvalue weighted by atomic mass is 9.90. The van der Waals surface area contributed by atoms with Crippen molar-refractivity contribution < 1.29 is 4.79 Å². The number of carbonyl (C=O) groups excluding carboxylic acids is 1. The van der Waals surface area contributed by atoms with Gasteiger partial charge in [-0.3, -0.25) is 4.79 Å². The summed E-state index contributed by atoms with van der Waals surface area (Å²) >= 11 is 6.01. The van der Waals surface area contributed by atoms with E-state index in [4.69, 9.17) is 11.6 Å². The van der Waals surface area contributed by atoms with Gasteiger partial charge in [0.15, 0.2) is 0 Å². The molecule has 0 bridgehead atoms. The maximum absolute atomic E-state index is 12.7. The van der Waals surface area contributed by atoms with Crippen LogP contribution in [0.1, 0.15) is 43.7 Å². The summed E-state index contributed by atoms with van der Waals surface area (Å²) in [4.78, 5) is 12.7. The lowest BCUT2D eigenvalue weighted by Gasteiger charge is -2.15. The highest BCUT2D eigenvalue weighted by molar-refractivity contribution is 6.30. The van der Waals surface area contributed by atoms with Crippen LogP contribution in [0.3, 0.4) is 0 Å². The molecule has 2 aromatic carbocycles. The number of fused-ring (bicyclic) bond motifs is 2. The lowest BCUT2D eigenvalue weighted by Crippen LogP contribution is -2.22. The topological polar surface area (TPSA) is 46.4 Å². The second-order valence-corrected chi connectivity index (χ2v) is 9.36. The zero-order chi connectivity index (χ0) is 20.7. The maximum Gasteiger partial charge on any atom is 0.244 e. The SMILES string of the molecule is C[C@]12CCCC[C@H]1[C@H]2C(=O)N/N=C\c1cn(Cc2ccc(Cl)cc2)c2ccccc12. The third-order valence-electron chi connectivity index (χ3n) is 7.08. The van der Waals surface area contributed by atoms with Crippen LogP contribution in [0, 0.1) is 17.3 Å². The van der Waals surface area contributed by atoms with Gasteiger partial charge in [0.25, 0.3) is 0 Å². The van der Waals surface area contributed by atoms with Crippen LogP contribution in [0.4, 0.5) is 0 Å². The van der Waals surface area contributed by atoms with E-state index in [1.165, 1.54) is 24.8 Å². The van der Waals surface area contributed by atoms with Gasteiger partial charge in [0.1, 0.15) is 0 Å². The summed E-state index contributed by atoms with van der Waals surface area (Å²) in [7, 11) is 0. The van der Waals surface area contributed by atoms with E-state index in [1.807, 2.05) is 36.4 Å². The zero-order valence-electron chi connectivity index (χ0n) is 17.1. The van der Waals surface area contributed by atoms with E-state index < -0.39 is 0 Å². The number of halogens is 1. The number of hydrogen-bond acceptors (Lipinski definition) is 2. The van der Waals surface area contributed by atoms with Gasteiger partial charge in [0.05, 0.1) is 6.21 Å². The van der Waals surface area contributed by atoms with Crippen LogP contribution in [-0.4, -0.2) is 16.7 Å². The number of carbonyl (C=O) groups is 1. The molecule has 4 nitrogen and oxygen atoms in total. The van der Waals surface area contributed by atoms with Crippen molar-refractivity contribution in [3.63, 3.8) is 0 Å². The van der Waals surface area contributed by atoms with Crippen LogP contribution in [0.15, 0.2) is 59.8 Å². The Bertz CT molecular complexity index is 1120. The molecule has 5 heteroatoms. The number of nitrogens with zero attached hydrogens (tertiary/aromatic N) is 2. The van der Waals surface area contributed by atoms with Gasteiger partial charge in [0, 0.05) is 40.1 Å². The molecule has 1 amide bonds. The Hall–Kier alpha value is -2.59. The van der Waals surface area contributed by atoms with Crippen LogP contribution in [0.2, 0.25) is 5.02 Å². The number of benzene rings is 2. The molecule has 0 unspecified atom stereocenters. The first-order valence-electron chi connectivity index (χ1n) is 10.7. The van der Waals surface area contributed by atoms with Crippen molar-refractivity contribution in [2.24, 2.45) is 22.4 Å². The van der Waals surface area contributed by atoms with Crippen molar-refractivity contribution in [2.75, 3.05) is 0 Å². The first kappa shape index (κ1) is 19.4. The molecular formula is C25H26ClN3O. The number of hydrogen-bond donors (Lipinski definition) is 1. The van der Waals surface area contributed by atoms with E-state index in [-0.39, 0.29) is 17.2 Å². The molecule has 0 saturated heterocycles. The molecule has 0 radical (unpaired) electrons. The largest absolute Gasteiger partial charge is 0.342 e. The van der Waals surface area contributed by atoms with E-state index in [2.05, 4.69) is 40.3 Å². The summed E-state index contributed by atoms with van der Waals surface area (Å²) in [5, 5.41) is 6.18. The van der Waals surface area contributed by atoms with Crippen LogP contribution in [0.25, 0.3) is 10.9 Å². The molecule has 3 aromatic rings. The molecule has 1 heterocycles. The van der Waals surface area contributed by atoms with Crippen molar-refractivity contribution in [1.82, 2.24) is 9.99 Å². The van der Waals surface area contributed by atoms with E-state index in [9.17, 15) is 4.79 Å². The molecule has 3 atom stereocenters. The van der Waals surface area contributed by atoms with Gasteiger partial charge in [-0.1, -0.05) is 61.7 Å². The van der Waals surface area contributed by atoms with Gasteiger partial charge in [-0.2, -0.15) is 5.10 Å². The molecule has 0 aliphatic heterocycles. The third kappa shape index (κ3) is 3.43. The molecular weight excluding hydrogens is 394 g/mol. The molecule has 2 fully saturated rings. The number of amides is 1. The van der Waals surface area contributed by atoms with Crippen LogP contribution < -0.4 is 5.43 Å². The van der Waals surface area contributed by atoms with Gasteiger partial charge >= 0.3 is 0 Å². The zero-order valence-corrected chi connectivity index (χ0v) is 17.9. The first-order chi connectivity index (χ1) is 14.6. The van der Waals surface area contributed by atoms with Crippen molar-refractivity contribution in [1.29, 1.82) is 0 Å². The summed E-state index contributed by atoms with van der Waals surface area (Å²) in [5.41, 5.74) is 6.33. The minimum Gasteiger partial charge on any atom is -0.342 e. The Kier molecular flexibility index (Phi) is 4.90. The minimum absolute atomic E-state index is 0.0746. The number of nitrogens with one attached hydrogen (secondary N) is 1. The van der Waals surface area contributed by atoms with Crippen LogP contribution in [0.5, 0.6) is 0 Å². The van der Waals surface area contributed by atoms with Gasteiger partial charge in [0.2, 0.25) is 5.91 Å². The number of rotatable bonds is 5. The highest BCUT2D eigenvalue weighted by Gasteiger charge is 2.64. The van der Waals surface area contributed by atoms with Gasteiger partial charge in [-0.25, -0.2) is 5.43 Å². The molecule has 2 aliphatic rings. The average Bonchev–Trinajstić information content (AvgIpc) is 3.25. The normalized spacial score (nSPS) is 25.4. The minimum atomic E-state index is 0.0746. The summed E-state index contributed by atoms with van der Waals surface area (Å²) in [6.45, 7) is 3.01. The Labute approximate surface area is 181 Å². The standard InChI is InChI=1S/C25H26ClN3O/c1-25-13-5-4-7-21(25)23(25)24(30)28-27-14-18-16-29(22-8-3-2-6-20(18)22)15-17-9-11-19(26)12-10-17/h2-3,6,8-12,14,16,21,23H,4-5,7,13,15H2,1H3,(H,28,30)/b27-14-/t21-,23-,25-/m0/s1. The Morgan fingerprint density at radius 1 is 1.23 bits per heavy atom. The van der Waals surface area contributed by atoms with E-state index >= 15 is 0 Å². The predicted molar refractivity (Wildman–Crippen MR) is 122 cm³/mol. The smallest absolute Gasteiger partial charge is 0.244 e. The number of hydrazone groups is 1. The Morgan fingerprint density at radius 2 is 2.03 bits per heavy atom. The van der Waals surface area contributed by atoms with Crippen molar-refractivity contribution in [3.05, 3.63) is 70.9 Å². The first-order valence-corrected chi connectivity index (χ1v) is 11.1. The van der Waals surface area contributed by atoms with Gasteiger partial charge in [-0.05, 0) is 47.9 Å². The second kappa shape index (κ2) is 7.59. The second-order valence-electron chi connectivity index (χ2n) is 8.93. The molecule has 1 N–H and O–H groups in total. The average molecular weight is 420 g/mol. The molecule has 5 rings (SSSR count). The van der Waals surface area contributed by atoms with E-state index in [1.54, 1.807) is 6.21 Å². The third-order valence-corrected chi connectivity index (χ3v) is 7.33. The lowest BCUT2D eigenvalue weighted by molar-refractivity contribution is -0.123. The fraction of sp³-hybridized carbons (Fsp3) is 0.360. The molecule has 2 saturated carbocycles. The summed E-state index contributed by atoms with van der Waals surface area (Å²) in [6.07, 6.45) is 8.70. The van der Waals surface area contributed by atoms with E-state index in [0.717, 1.165) is 34.5 Å². The van der Waals surface area contributed by atoms with Crippen LogP contribution in [-0.2, 0) is 11.3 Å². The fourth-order valence-electron chi connectivity index (χ4n) is 5.38. The summed E-state index contributed by atoms with van der Waals surface area (Å²) in [6, 6.07) is 16.2. The van der Waals surface area contributed by atoms with Crippen molar-refractivity contribution in [2.45, 2.75) is 39.2 Å². The van der Waals surface area contributed by atoms with Crippen molar-refractivity contribution >= 4 is 34.6 Å². The summed E-state index contributed by atoms with van der Waals surface area (Å²) < 4.78 is 2.21. The Morgan fingerprint density at radius 3 is 2.80 bits per heavy atom. The monoisotopic (exact) mass is 419 g/mol. The quantitative estimate of drug-likeness (QED) is 0.423. The highest BCUT2D eigenvalue weighted by Crippen LogP contribution is 2.66. The van der Waals surface area contributed by atoms with Gasteiger partial charge < -0.3 is 4.57 Å². The van der Waals surface area contributed by atoms with Crippen LogP contribution >= 0.6 is 11.6 Å².